The van der Waals surface area contributed by atoms with Gasteiger partial charge in [0.15, 0.2) is 0 Å². The van der Waals surface area contributed by atoms with Crippen LogP contribution in [-0.4, -0.2) is 26.7 Å². The molecule has 0 aliphatic heterocycles. The van der Waals surface area contributed by atoms with Crippen LogP contribution in [0.5, 0.6) is 0 Å². The third-order valence-electron chi connectivity index (χ3n) is 4.83. The average molecular weight is 477 g/mol. The first-order chi connectivity index (χ1) is 14.8. The van der Waals surface area contributed by atoms with Crippen LogP contribution in [0.4, 0.5) is 10.8 Å². The van der Waals surface area contributed by atoms with Gasteiger partial charge in [0.2, 0.25) is 5.13 Å². The molecule has 11 heteroatoms. The average Bonchev–Trinajstić information content (AvgIpc) is 3.17. The van der Waals surface area contributed by atoms with Crippen molar-refractivity contribution >= 4 is 57.0 Å². The zero-order valence-electron chi connectivity index (χ0n) is 15.8. The number of carbonyl (C=O) groups is 1. The van der Waals surface area contributed by atoms with Crippen molar-refractivity contribution in [2.24, 2.45) is 5.10 Å². The SMILES string of the molecule is O=C(O)/C(Cc1ccccc1[N+](=O)[O-])=N\Nc1nc2c(s1)CCc1c-2ccc(Cl)c1Cl. The highest BCUT2D eigenvalue weighted by Gasteiger charge is 2.24. The van der Waals surface area contributed by atoms with Crippen molar-refractivity contribution in [3.05, 3.63) is 72.6 Å². The number of hydrogen-bond donors (Lipinski definition) is 2. The Hall–Kier alpha value is -3.01. The Labute approximate surface area is 190 Å². The van der Waals surface area contributed by atoms with Crippen LogP contribution in [0.25, 0.3) is 11.3 Å². The summed E-state index contributed by atoms with van der Waals surface area (Å²) in [6.07, 6.45) is 1.25. The molecule has 0 unspecified atom stereocenters. The number of aryl methyl sites for hydroxylation is 1. The molecular formula is C20H14Cl2N4O4S. The molecule has 3 aromatic rings. The Kier molecular flexibility index (Phi) is 5.90. The van der Waals surface area contributed by atoms with Gasteiger partial charge in [0, 0.05) is 28.5 Å². The molecule has 0 spiro atoms. The number of para-hydroxylation sites is 1. The van der Waals surface area contributed by atoms with Gasteiger partial charge in [-0.15, -0.1) is 0 Å². The topological polar surface area (TPSA) is 118 Å². The number of carboxylic acids is 1. The van der Waals surface area contributed by atoms with Crippen molar-refractivity contribution < 1.29 is 14.8 Å². The van der Waals surface area contributed by atoms with E-state index in [9.17, 15) is 20.0 Å². The number of nitrogens with one attached hydrogen (secondary N) is 1. The van der Waals surface area contributed by atoms with Gasteiger partial charge in [0.1, 0.15) is 5.71 Å². The van der Waals surface area contributed by atoms with Crippen molar-refractivity contribution in [3.8, 4) is 11.3 Å². The number of nitro groups is 1. The predicted molar refractivity (Wildman–Crippen MR) is 120 cm³/mol. The highest BCUT2D eigenvalue weighted by molar-refractivity contribution is 7.16. The van der Waals surface area contributed by atoms with Gasteiger partial charge in [-0.05, 0) is 24.5 Å². The fourth-order valence-corrected chi connectivity index (χ4v) is 4.73. The van der Waals surface area contributed by atoms with Gasteiger partial charge in [-0.3, -0.25) is 15.5 Å². The molecule has 1 aliphatic carbocycles. The Bertz CT molecular complexity index is 1240. The lowest BCUT2D eigenvalue weighted by molar-refractivity contribution is -0.385. The second-order valence-electron chi connectivity index (χ2n) is 6.72. The minimum Gasteiger partial charge on any atom is -0.477 e. The number of carboxylic acid groups (broad SMARTS) is 1. The number of hydrogen-bond acceptors (Lipinski definition) is 7. The summed E-state index contributed by atoms with van der Waals surface area (Å²) in [5, 5.41) is 26.1. The summed E-state index contributed by atoms with van der Waals surface area (Å²) < 4.78 is 0. The zero-order chi connectivity index (χ0) is 22.1. The number of hydrazone groups is 1. The second kappa shape index (κ2) is 8.62. The molecule has 0 saturated heterocycles. The highest BCUT2D eigenvalue weighted by atomic mass is 35.5. The summed E-state index contributed by atoms with van der Waals surface area (Å²) in [5.74, 6) is -1.28. The number of anilines is 1. The highest BCUT2D eigenvalue weighted by Crippen LogP contribution is 2.42. The normalized spacial score (nSPS) is 12.8. The van der Waals surface area contributed by atoms with Gasteiger partial charge in [0.25, 0.3) is 5.69 Å². The van der Waals surface area contributed by atoms with E-state index < -0.39 is 10.9 Å². The quantitative estimate of drug-likeness (QED) is 0.286. The van der Waals surface area contributed by atoms with Crippen molar-refractivity contribution in [1.29, 1.82) is 0 Å². The van der Waals surface area contributed by atoms with Gasteiger partial charge in [0.05, 0.1) is 20.7 Å². The van der Waals surface area contributed by atoms with Crippen molar-refractivity contribution in [1.82, 2.24) is 4.98 Å². The lowest BCUT2D eigenvalue weighted by atomic mass is 9.93. The molecule has 1 aromatic heterocycles. The van der Waals surface area contributed by atoms with E-state index in [2.05, 4.69) is 15.5 Å². The number of aliphatic carboxylic acids is 1. The van der Waals surface area contributed by atoms with Gasteiger partial charge in [-0.1, -0.05) is 58.8 Å². The first kappa shape index (κ1) is 21.2. The Balaban J connectivity index is 1.61. The minimum atomic E-state index is -1.28. The number of fused-ring (bicyclic) bond motifs is 3. The first-order valence-corrected chi connectivity index (χ1v) is 10.7. The monoisotopic (exact) mass is 476 g/mol. The molecule has 2 aromatic carbocycles. The Morgan fingerprint density at radius 3 is 2.77 bits per heavy atom. The molecule has 0 amide bonds. The number of nitrogens with zero attached hydrogens (tertiary/aromatic N) is 3. The van der Waals surface area contributed by atoms with Crippen LogP contribution in [0.3, 0.4) is 0 Å². The maximum Gasteiger partial charge on any atom is 0.352 e. The van der Waals surface area contributed by atoms with Crippen molar-refractivity contribution in [2.45, 2.75) is 19.3 Å². The number of nitro benzene ring substituents is 1. The van der Waals surface area contributed by atoms with E-state index in [0.29, 0.717) is 15.2 Å². The van der Waals surface area contributed by atoms with E-state index in [0.717, 1.165) is 34.5 Å². The second-order valence-corrected chi connectivity index (χ2v) is 8.59. The molecule has 0 atom stereocenters. The zero-order valence-corrected chi connectivity index (χ0v) is 18.1. The molecule has 0 saturated carbocycles. The molecule has 2 N–H and O–H groups in total. The van der Waals surface area contributed by atoms with Crippen molar-refractivity contribution in [3.63, 3.8) is 0 Å². The van der Waals surface area contributed by atoms with Crippen LogP contribution < -0.4 is 5.43 Å². The summed E-state index contributed by atoms with van der Waals surface area (Å²) in [5.41, 5.74) is 5.12. The molecule has 0 bridgehead atoms. The van der Waals surface area contributed by atoms with Crippen LogP contribution in [0.15, 0.2) is 41.5 Å². The lowest BCUT2D eigenvalue weighted by Crippen LogP contribution is -2.18. The summed E-state index contributed by atoms with van der Waals surface area (Å²) in [4.78, 5) is 27.9. The number of aromatic nitrogens is 1. The molecule has 31 heavy (non-hydrogen) atoms. The molecular weight excluding hydrogens is 463 g/mol. The largest absolute Gasteiger partial charge is 0.477 e. The Morgan fingerprint density at radius 1 is 1.26 bits per heavy atom. The van der Waals surface area contributed by atoms with E-state index >= 15 is 0 Å². The maximum absolute atomic E-state index is 11.6. The van der Waals surface area contributed by atoms with Crippen LogP contribution in [0.2, 0.25) is 10.0 Å². The Morgan fingerprint density at radius 2 is 2.03 bits per heavy atom. The van der Waals surface area contributed by atoms with E-state index in [1.54, 1.807) is 12.1 Å². The van der Waals surface area contributed by atoms with Gasteiger partial charge >= 0.3 is 5.97 Å². The van der Waals surface area contributed by atoms with Crippen LogP contribution in [0, 0.1) is 10.1 Å². The van der Waals surface area contributed by atoms with E-state index in [1.807, 2.05) is 6.07 Å². The van der Waals surface area contributed by atoms with E-state index in [4.69, 9.17) is 23.2 Å². The molecule has 1 heterocycles. The fourth-order valence-electron chi connectivity index (χ4n) is 3.37. The van der Waals surface area contributed by atoms with Crippen LogP contribution in [0.1, 0.15) is 16.0 Å². The third kappa shape index (κ3) is 4.25. The number of halogens is 2. The van der Waals surface area contributed by atoms with Gasteiger partial charge in [-0.25, -0.2) is 9.78 Å². The molecule has 0 radical (unpaired) electrons. The summed E-state index contributed by atoms with van der Waals surface area (Å²) >= 11 is 13.8. The number of rotatable bonds is 6. The predicted octanol–water partition coefficient (Wildman–Crippen LogP) is 5.22. The van der Waals surface area contributed by atoms with Crippen LogP contribution >= 0.6 is 34.5 Å². The summed E-state index contributed by atoms with van der Waals surface area (Å²) in [6.45, 7) is 0. The summed E-state index contributed by atoms with van der Waals surface area (Å²) in [7, 11) is 0. The smallest absolute Gasteiger partial charge is 0.352 e. The maximum atomic E-state index is 11.6. The summed E-state index contributed by atoms with van der Waals surface area (Å²) in [6, 6.07) is 9.55. The molecule has 158 valence electrons. The molecule has 4 rings (SSSR count). The number of thiazole rings is 1. The lowest BCUT2D eigenvalue weighted by Gasteiger charge is -2.16. The molecule has 0 fully saturated rings. The van der Waals surface area contributed by atoms with E-state index in [1.165, 1.54) is 29.5 Å². The van der Waals surface area contributed by atoms with Crippen LogP contribution in [-0.2, 0) is 24.1 Å². The fraction of sp³-hybridized carbons (Fsp3) is 0.150. The van der Waals surface area contributed by atoms with Gasteiger partial charge in [-0.2, -0.15) is 5.10 Å². The third-order valence-corrected chi connectivity index (χ3v) is 6.69. The first-order valence-electron chi connectivity index (χ1n) is 9.10. The minimum absolute atomic E-state index is 0.159. The molecule has 1 aliphatic rings. The molecule has 8 nitrogen and oxygen atoms in total. The number of benzene rings is 2. The van der Waals surface area contributed by atoms with E-state index in [-0.39, 0.29) is 23.4 Å². The van der Waals surface area contributed by atoms with Crippen molar-refractivity contribution in [2.75, 3.05) is 5.43 Å². The van der Waals surface area contributed by atoms with Gasteiger partial charge < -0.3 is 5.11 Å². The standard InChI is InChI=1S/C20H14Cl2N4O4S/c21-13-7-5-12-11(17(13)22)6-8-16-18(12)23-20(31-16)25-24-14(19(27)28)9-10-3-1-2-4-15(10)26(29)30/h1-5,7H,6,8-9H2,(H,23,25)(H,27,28)/b24-14-.